The van der Waals surface area contributed by atoms with Crippen molar-refractivity contribution in [1.29, 1.82) is 0 Å². The third-order valence-corrected chi connectivity index (χ3v) is 12.5. The zero-order chi connectivity index (χ0) is 33.3. The Bertz CT molecular complexity index is 1750. The van der Waals surface area contributed by atoms with E-state index in [1.807, 2.05) is 66.4 Å². The standard InChI is InChI=1S/C37H44N4O5S/c1-25(2)47(45,46)30-20-18-28(19-21-30)31-16-10-11-17-33(31)41-35(42)39-34(38-29-14-8-5-9-15-29)37(41)22-23-40(36(43)44)26(3)32(37)24-27-12-6-4-7-13-27/h4,6-7,10-13,16-21,25-26,29,32H,5,8-9,14-15,22-24H2,1-3H3,(H,43,44)(H,38,39,42)/t26-,32?,37+/m1/s1. The van der Waals surface area contributed by atoms with E-state index < -0.39 is 32.8 Å². The summed E-state index contributed by atoms with van der Waals surface area (Å²) >= 11 is 0. The highest BCUT2D eigenvalue weighted by molar-refractivity contribution is 7.92. The summed E-state index contributed by atoms with van der Waals surface area (Å²) in [5.74, 6) is 0.308. The number of nitrogens with one attached hydrogen (secondary N) is 1. The van der Waals surface area contributed by atoms with E-state index in [1.54, 1.807) is 38.1 Å². The summed E-state index contributed by atoms with van der Waals surface area (Å²) in [5.41, 5.74) is 2.33. The Labute approximate surface area is 277 Å². The maximum atomic E-state index is 14.4. The van der Waals surface area contributed by atoms with E-state index in [-0.39, 0.29) is 29.4 Å². The first-order valence-corrected chi connectivity index (χ1v) is 18.3. The zero-order valence-electron chi connectivity index (χ0n) is 27.3. The molecule has 1 saturated carbocycles. The van der Waals surface area contributed by atoms with Crippen LogP contribution in [-0.4, -0.2) is 65.8 Å². The minimum absolute atomic E-state index is 0.183. The molecule has 0 bridgehead atoms. The minimum Gasteiger partial charge on any atom is -0.465 e. The van der Waals surface area contributed by atoms with Crippen LogP contribution in [-0.2, 0) is 16.3 Å². The normalized spacial score (nSPS) is 23.7. The first kappa shape index (κ1) is 32.7. The van der Waals surface area contributed by atoms with Gasteiger partial charge in [-0.1, -0.05) is 79.9 Å². The molecule has 3 aliphatic rings. The van der Waals surface area contributed by atoms with Crippen molar-refractivity contribution in [3.8, 4) is 11.1 Å². The number of benzene rings is 3. The molecule has 1 spiro atoms. The Morgan fingerprint density at radius 3 is 2.30 bits per heavy atom. The average molecular weight is 657 g/mol. The predicted octanol–water partition coefficient (Wildman–Crippen LogP) is 7.17. The SMILES string of the molecule is CC(C)S(=O)(=O)c1ccc(-c2ccccc2N2C(=O)N=C(NC3CCCCC3)[C@@]23CCN(C(=O)O)[C@H](C)C3Cc2ccccc2)cc1. The molecule has 3 atom stereocenters. The van der Waals surface area contributed by atoms with E-state index in [0.717, 1.165) is 42.4 Å². The lowest BCUT2D eigenvalue weighted by molar-refractivity contribution is 0.0623. The molecule has 3 amide bonds. The topological polar surface area (TPSA) is 119 Å². The van der Waals surface area contributed by atoms with Crippen LogP contribution in [0.25, 0.3) is 11.1 Å². The highest BCUT2D eigenvalue weighted by atomic mass is 32.2. The van der Waals surface area contributed by atoms with Crippen molar-refractivity contribution in [3.05, 3.63) is 84.4 Å². The smallest absolute Gasteiger partial charge is 0.407 e. The summed E-state index contributed by atoms with van der Waals surface area (Å²) in [6, 6.07) is 23.9. The summed E-state index contributed by atoms with van der Waals surface area (Å²) in [7, 11) is -3.45. The molecule has 0 aromatic heterocycles. The number of rotatable bonds is 7. The van der Waals surface area contributed by atoms with Gasteiger partial charge in [0.25, 0.3) is 0 Å². The van der Waals surface area contributed by atoms with Crippen molar-refractivity contribution in [2.75, 3.05) is 11.4 Å². The average Bonchev–Trinajstić information content (AvgIpc) is 3.33. The second kappa shape index (κ2) is 13.1. The van der Waals surface area contributed by atoms with Crippen LogP contribution in [0.4, 0.5) is 15.3 Å². The van der Waals surface area contributed by atoms with Crippen molar-refractivity contribution in [3.63, 3.8) is 0 Å². The van der Waals surface area contributed by atoms with Crippen LogP contribution in [0.15, 0.2) is 88.8 Å². The molecule has 2 aliphatic heterocycles. The predicted molar refractivity (Wildman–Crippen MR) is 185 cm³/mol. The number of likely N-dealkylation sites (tertiary alicyclic amines) is 1. The van der Waals surface area contributed by atoms with Crippen molar-refractivity contribution >= 4 is 33.5 Å². The number of carbonyl (C=O) groups excluding carboxylic acids is 1. The van der Waals surface area contributed by atoms with Crippen LogP contribution in [0.1, 0.15) is 64.9 Å². The van der Waals surface area contributed by atoms with Crippen molar-refractivity contribution < 1.29 is 23.1 Å². The molecule has 2 N–H and O–H groups in total. The lowest BCUT2D eigenvalue weighted by Gasteiger charge is -2.53. The molecule has 2 heterocycles. The van der Waals surface area contributed by atoms with E-state index in [9.17, 15) is 23.1 Å². The second-order valence-electron chi connectivity index (χ2n) is 13.4. The van der Waals surface area contributed by atoms with Gasteiger partial charge in [-0.3, -0.25) is 4.90 Å². The third kappa shape index (κ3) is 6.04. The van der Waals surface area contributed by atoms with Crippen LogP contribution < -0.4 is 10.2 Å². The fourth-order valence-electron chi connectivity index (χ4n) is 7.79. The largest absolute Gasteiger partial charge is 0.465 e. The monoisotopic (exact) mass is 656 g/mol. The fourth-order valence-corrected chi connectivity index (χ4v) is 8.85. The maximum Gasteiger partial charge on any atom is 0.407 e. The van der Waals surface area contributed by atoms with Crippen molar-refractivity contribution in [2.45, 2.75) is 93.5 Å². The van der Waals surface area contributed by atoms with Gasteiger partial charge in [0.2, 0.25) is 0 Å². The Balaban J connectivity index is 1.50. The van der Waals surface area contributed by atoms with Gasteiger partial charge in [-0.05, 0) is 75.8 Å². The molecule has 10 heteroatoms. The highest BCUT2D eigenvalue weighted by Crippen LogP contribution is 2.48. The Morgan fingerprint density at radius 2 is 1.64 bits per heavy atom. The zero-order valence-corrected chi connectivity index (χ0v) is 28.1. The number of hydrogen-bond acceptors (Lipinski definition) is 5. The molecule has 248 valence electrons. The van der Waals surface area contributed by atoms with E-state index in [1.165, 1.54) is 11.3 Å². The number of carbonyl (C=O) groups is 2. The molecule has 3 aromatic rings. The van der Waals surface area contributed by atoms with Crippen molar-refractivity contribution in [1.82, 2.24) is 10.2 Å². The van der Waals surface area contributed by atoms with Gasteiger partial charge in [-0.2, -0.15) is 4.99 Å². The summed E-state index contributed by atoms with van der Waals surface area (Å²) in [5, 5.41) is 13.4. The minimum atomic E-state index is -3.45. The van der Waals surface area contributed by atoms with Crippen LogP contribution in [0.5, 0.6) is 0 Å². The number of nitrogens with zero attached hydrogens (tertiary/aromatic N) is 3. The summed E-state index contributed by atoms with van der Waals surface area (Å²) in [4.78, 5) is 35.2. The molecule has 1 saturated heterocycles. The van der Waals surface area contributed by atoms with Gasteiger partial charge in [-0.25, -0.2) is 18.0 Å². The molecule has 47 heavy (non-hydrogen) atoms. The second-order valence-corrected chi connectivity index (χ2v) is 15.9. The molecule has 1 unspecified atom stereocenters. The number of urea groups is 1. The summed E-state index contributed by atoms with van der Waals surface area (Å²) < 4.78 is 25.7. The number of carboxylic acid groups (broad SMARTS) is 1. The number of sulfone groups is 1. The number of aliphatic imine (C=N–C) groups is 1. The van der Waals surface area contributed by atoms with E-state index >= 15 is 0 Å². The quantitative estimate of drug-likeness (QED) is 0.278. The lowest BCUT2D eigenvalue weighted by atomic mass is 9.68. The Kier molecular flexibility index (Phi) is 9.16. The molecule has 6 rings (SSSR count). The fraction of sp³-hybridized carbons (Fsp3) is 0.432. The van der Waals surface area contributed by atoms with E-state index in [2.05, 4.69) is 5.32 Å². The number of hydrogen-bond donors (Lipinski definition) is 2. The van der Waals surface area contributed by atoms with Gasteiger partial charge in [0, 0.05) is 30.1 Å². The number of amides is 3. The molecule has 0 radical (unpaired) electrons. The lowest BCUT2D eigenvalue weighted by Crippen LogP contribution is -2.70. The van der Waals surface area contributed by atoms with Crippen LogP contribution in [0, 0.1) is 5.92 Å². The van der Waals surface area contributed by atoms with Crippen LogP contribution in [0.2, 0.25) is 0 Å². The van der Waals surface area contributed by atoms with Gasteiger partial charge < -0.3 is 15.3 Å². The van der Waals surface area contributed by atoms with E-state index in [0.29, 0.717) is 24.4 Å². The third-order valence-electron chi connectivity index (χ3n) is 10.4. The Hall–Kier alpha value is -4.18. The highest BCUT2D eigenvalue weighted by Gasteiger charge is 2.60. The maximum absolute atomic E-state index is 14.4. The number of para-hydroxylation sites is 1. The first-order valence-electron chi connectivity index (χ1n) is 16.7. The first-order chi connectivity index (χ1) is 22.5. The van der Waals surface area contributed by atoms with Gasteiger partial charge in [0.1, 0.15) is 11.4 Å². The van der Waals surface area contributed by atoms with Crippen LogP contribution in [0.3, 0.4) is 0 Å². The summed E-state index contributed by atoms with van der Waals surface area (Å²) in [6.45, 7) is 5.53. The molecular formula is C37H44N4O5S. The molecule has 9 nitrogen and oxygen atoms in total. The molecule has 3 aromatic carbocycles. The van der Waals surface area contributed by atoms with Gasteiger partial charge in [0.15, 0.2) is 9.84 Å². The number of piperidine rings is 1. The van der Waals surface area contributed by atoms with E-state index in [4.69, 9.17) is 4.99 Å². The van der Waals surface area contributed by atoms with Crippen LogP contribution >= 0.6 is 0 Å². The number of amidine groups is 1. The van der Waals surface area contributed by atoms with Gasteiger partial charge in [-0.15, -0.1) is 0 Å². The summed E-state index contributed by atoms with van der Waals surface area (Å²) in [6.07, 6.45) is 5.34. The molecular weight excluding hydrogens is 612 g/mol. The molecule has 2 fully saturated rings. The van der Waals surface area contributed by atoms with Gasteiger partial charge in [0.05, 0.1) is 15.8 Å². The Morgan fingerprint density at radius 1 is 0.979 bits per heavy atom. The van der Waals surface area contributed by atoms with Gasteiger partial charge >= 0.3 is 12.1 Å². The molecule has 1 aliphatic carbocycles. The number of anilines is 1. The van der Waals surface area contributed by atoms with Crippen molar-refractivity contribution in [2.24, 2.45) is 10.9 Å².